The van der Waals surface area contributed by atoms with Crippen molar-refractivity contribution in [2.24, 2.45) is 7.05 Å². The number of carbonyl (C=O) groups excluding carboxylic acids is 1. The van der Waals surface area contributed by atoms with E-state index in [-0.39, 0.29) is 24.0 Å². The summed E-state index contributed by atoms with van der Waals surface area (Å²) in [4.78, 5) is 29.3. The average Bonchev–Trinajstić information content (AvgIpc) is 2.71. The van der Waals surface area contributed by atoms with Gasteiger partial charge >= 0.3 is 0 Å². The number of anilines is 1. The largest absolute Gasteiger partial charge is 0.369 e. The monoisotopic (exact) mass is 271 g/mol. The standard InChI is InChI=1S/C13H13N5O2/c1-3-9(19)15-6-4-5-8-7-18(2)11-10(8)12(20)17-13(14)16-11/h3,7H,1,6H2,2H3,(H,15,19)(H3,14,16,17,20). The van der Waals surface area contributed by atoms with Gasteiger partial charge in [-0.25, -0.2) is 0 Å². The second-order valence-corrected chi connectivity index (χ2v) is 4.03. The zero-order valence-electron chi connectivity index (χ0n) is 10.9. The number of nitrogens with two attached hydrogens (primary N) is 1. The molecule has 4 N–H and O–H groups in total. The van der Waals surface area contributed by atoms with E-state index in [0.29, 0.717) is 16.6 Å². The molecule has 2 aromatic rings. The number of rotatable bonds is 2. The second-order valence-electron chi connectivity index (χ2n) is 4.03. The number of hydrogen-bond acceptors (Lipinski definition) is 4. The van der Waals surface area contributed by atoms with Gasteiger partial charge in [-0.2, -0.15) is 4.98 Å². The molecule has 7 heteroatoms. The zero-order valence-corrected chi connectivity index (χ0v) is 10.9. The summed E-state index contributed by atoms with van der Waals surface area (Å²) in [6, 6.07) is 0. The molecule has 0 atom stereocenters. The smallest absolute Gasteiger partial charge is 0.263 e. The van der Waals surface area contributed by atoms with Gasteiger partial charge in [-0.1, -0.05) is 18.4 Å². The molecular formula is C13H13N5O2. The van der Waals surface area contributed by atoms with E-state index in [9.17, 15) is 9.59 Å². The van der Waals surface area contributed by atoms with Crippen LogP contribution in [0.2, 0.25) is 0 Å². The minimum atomic E-state index is -0.340. The van der Waals surface area contributed by atoms with E-state index in [1.165, 1.54) is 0 Å². The van der Waals surface area contributed by atoms with Crippen LogP contribution in [0.1, 0.15) is 5.56 Å². The summed E-state index contributed by atoms with van der Waals surface area (Å²) in [6.45, 7) is 3.50. The number of nitrogen functional groups attached to an aromatic ring is 1. The average molecular weight is 271 g/mol. The van der Waals surface area contributed by atoms with Crippen LogP contribution in [0.4, 0.5) is 5.95 Å². The maximum atomic E-state index is 11.9. The summed E-state index contributed by atoms with van der Waals surface area (Å²) < 4.78 is 1.67. The number of H-pyrrole nitrogens is 1. The van der Waals surface area contributed by atoms with E-state index in [1.807, 2.05) is 0 Å². The van der Waals surface area contributed by atoms with Gasteiger partial charge in [0.15, 0.2) is 5.65 Å². The predicted molar refractivity (Wildman–Crippen MR) is 75.8 cm³/mol. The molecule has 7 nitrogen and oxygen atoms in total. The molecule has 0 saturated carbocycles. The Balaban J connectivity index is 2.37. The van der Waals surface area contributed by atoms with Crippen molar-refractivity contribution in [3.8, 4) is 11.8 Å². The maximum absolute atomic E-state index is 11.9. The highest BCUT2D eigenvalue weighted by molar-refractivity contribution is 5.87. The van der Waals surface area contributed by atoms with Gasteiger partial charge < -0.3 is 15.6 Å². The number of nitrogens with one attached hydrogen (secondary N) is 2. The molecule has 0 aliphatic carbocycles. The Labute approximate surface area is 114 Å². The van der Waals surface area contributed by atoms with Gasteiger partial charge in [-0.15, -0.1) is 0 Å². The van der Waals surface area contributed by atoms with Gasteiger partial charge in [-0.05, 0) is 6.08 Å². The summed E-state index contributed by atoms with van der Waals surface area (Å²) in [6.07, 6.45) is 2.85. The first-order chi connectivity index (χ1) is 9.52. The minimum absolute atomic E-state index is 0.0569. The number of nitrogens with zero attached hydrogens (tertiary/aromatic N) is 2. The van der Waals surface area contributed by atoms with Crippen molar-refractivity contribution in [3.63, 3.8) is 0 Å². The van der Waals surface area contributed by atoms with Gasteiger partial charge in [0.25, 0.3) is 5.56 Å². The number of aromatic nitrogens is 3. The molecule has 20 heavy (non-hydrogen) atoms. The fourth-order valence-electron chi connectivity index (χ4n) is 1.73. The number of amides is 1. The Morgan fingerprint density at radius 1 is 1.70 bits per heavy atom. The molecule has 1 amide bonds. The van der Waals surface area contributed by atoms with Crippen LogP contribution >= 0.6 is 0 Å². The van der Waals surface area contributed by atoms with Crippen molar-refractivity contribution in [2.45, 2.75) is 0 Å². The third-order valence-electron chi connectivity index (χ3n) is 2.60. The summed E-state index contributed by atoms with van der Waals surface area (Å²) in [5.41, 5.74) is 6.16. The van der Waals surface area contributed by atoms with E-state index in [2.05, 4.69) is 33.7 Å². The lowest BCUT2D eigenvalue weighted by molar-refractivity contribution is -0.116. The third kappa shape index (κ3) is 2.54. The Morgan fingerprint density at radius 2 is 2.45 bits per heavy atom. The van der Waals surface area contributed by atoms with Crippen LogP contribution in [-0.2, 0) is 11.8 Å². The molecule has 102 valence electrons. The lowest BCUT2D eigenvalue weighted by atomic mass is 10.2. The lowest BCUT2D eigenvalue weighted by Crippen LogP contribution is -2.20. The SMILES string of the molecule is C=CC(=O)NCC#Cc1cn(C)c2nc(N)[nH]c(=O)c12. The zero-order chi connectivity index (χ0) is 14.7. The van der Waals surface area contributed by atoms with Crippen LogP contribution in [0.3, 0.4) is 0 Å². The molecule has 0 aromatic carbocycles. The Hall–Kier alpha value is -3.01. The molecule has 2 heterocycles. The van der Waals surface area contributed by atoms with Gasteiger partial charge in [0.2, 0.25) is 11.9 Å². The number of hydrogen-bond donors (Lipinski definition) is 3. The molecule has 0 fully saturated rings. The van der Waals surface area contributed by atoms with Crippen LogP contribution in [-0.4, -0.2) is 27.0 Å². The van der Waals surface area contributed by atoms with E-state index < -0.39 is 0 Å². The van der Waals surface area contributed by atoms with Crippen molar-refractivity contribution in [1.82, 2.24) is 19.9 Å². The molecule has 0 saturated heterocycles. The number of fused-ring (bicyclic) bond motifs is 1. The van der Waals surface area contributed by atoms with E-state index in [0.717, 1.165) is 6.08 Å². The molecule has 2 aromatic heterocycles. The third-order valence-corrected chi connectivity index (χ3v) is 2.60. The molecule has 0 radical (unpaired) electrons. The molecule has 0 unspecified atom stereocenters. The lowest BCUT2D eigenvalue weighted by Gasteiger charge is -1.95. The highest BCUT2D eigenvalue weighted by Gasteiger charge is 2.10. The van der Waals surface area contributed by atoms with E-state index in [4.69, 9.17) is 5.73 Å². The minimum Gasteiger partial charge on any atom is -0.369 e. The highest BCUT2D eigenvalue weighted by Crippen LogP contribution is 2.13. The van der Waals surface area contributed by atoms with Crippen LogP contribution in [0.25, 0.3) is 11.0 Å². The normalized spacial score (nSPS) is 9.85. The van der Waals surface area contributed by atoms with Gasteiger partial charge in [-0.3, -0.25) is 14.6 Å². The highest BCUT2D eigenvalue weighted by atomic mass is 16.1. The summed E-state index contributed by atoms with van der Waals surface area (Å²) >= 11 is 0. The number of aryl methyl sites for hydroxylation is 1. The van der Waals surface area contributed by atoms with Crippen molar-refractivity contribution in [2.75, 3.05) is 12.3 Å². The Bertz CT molecular complexity index is 804. The molecule has 0 aliphatic heterocycles. The summed E-state index contributed by atoms with van der Waals surface area (Å²) in [5, 5.41) is 2.90. The first-order valence-corrected chi connectivity index (χ1v) is 5.77. The predicted octanol–water partition coefficient (Wildman–Crippen LogP) is -0.502. The van der Waals surface area contributed by atoms with E-state index >= 15 is 0 Å². The number of aromatic amines is 1. The molecule has 0 spiro atoms. The van der Waals surface area contributed by atoms with Gasteiger partial charge in [0, 0.05) is 13.2 Å². The van der Waals surface area contributed by atoms with Crippen LogP contribution in [0.15, 0.2) is 23.6 Å². The van der Waals surface area contributed by atoms with Crippen LogP contribution in [0, 0.1) is 11.8 Å². The van der Waals surface area contributed by atoms with E-state index in [1.54, 1.807) is 17.8 Å². The van der Waals surface area contributed by atoms with Crippen molar-refractivity contribution < 1.29 is 4.79 Å². The molecule has 0 aliphatic rings. The fourth-order valence-corrected chi connectivity index (χ4v) is 1.73. The topological polar surface area (TPSA) is 106 Å². The van der Waals surface area contributed by atoms with Gasteiger partial charge in [0.05, 0.1) is 17.5 Å². The first kappa shape index (κ1) is 13.4. The molecule has 0 bridgehead atoms. The van der Waals surface area contributed by atoms with Gasteiger partial charge in [0.1, 0.15) is 0 Å². The van der Waals surface area contributed by atoms with Crippen molar-refractivity contribution in [1.29, 1.82) is 0 Å². The molecule has 2 rings (SSSR count). The quantitative estimate of drug-likeness (QED) is 0.505. The summed E-state index contributed by atoms with van der Waals surface area (Å²) in [5.74, 6) is 5.34. The van der Waals surface area contributed by atoms with Crippen molar-refractivity contribution in [3.05, 3.63) is 34.8 Å². The van der Waals surface area contributed by atoms with Crippen LogP contribution < -0.4 is 16.6 Å². The van der Waals surface area contributed by atoms with Crippen LogP contribution in [0.5, 0.6) is 0 Å². The molecular weight excluding hydrogens is 258 g/mol. The number of carbonyl (C=O) groups is 1. The Morgan fingerprint density at radius 3 is 3.15 bits per heavy atom. The van der Waals surface area contributed by atoms with Crippen molar-refractivity contribution >= 4 is 22.9 Å². The second kappa shape index (κ2) is 5.32. The first-order valence-electron chi connectivity index (χ1n) is 5.77. The maximum Gasteiger partial charge on any atom is 0.263 e. The fraction of sp³-hybridized carbons (Fsp3) is 0.154. The summed E-state index contributed by atoms with van der Waals surface area (Å²) in [7, 11) is 1.75. The Kier molecular flexibility index (Phi) is 3.57.